The molecule has 4 aromatic carbocycles. The Morgan fingerprint density at radius 3 is 1.70 bits per heavy atom. The Balaban J connectivity index is 1.26. The minimum atomic E-state index is -0.248. The molecular weight excluding hydrogens is 625 g/mol. The van der Waals surface area contributed by atoms with E-state index in [0.29, 0.717) is 45.9 Å². The number of hydrogen-bond acceptors (Lipinski definition) is 7. The van der Waals surface area contributed by atoms with Crippen molar-refractivity contribution in [2.24, 2.45) is 5.92 Å². The van der Waals surface area contributed by atoms with Crippen LogP contribution in [0.25, 0.3) is 0 Å². The minimum Gasteiger partial charge on any atom is -0.494 e. The van der Waals surface area contributed by atoms with Crippen molar-refractivity contribution in [3.05, 3.63) is 107 Å². The molecule has 0 N–H and O–H groups in total. The zero-order chi connectivity index (χ0) is 33.2. The molecule has 0 bridgehead atoms. The molecule has 0 radical (unpaired) electrons. The Morgan fingerprint density at radius 1 is 0.660 bits per heavy atom. The Hall–Kier alpha value is -3.81. The molecule has 5 nitrogen and oxygen atoms in total. The van der Waals surface area contributed by atoms with E-state index >= 15 is 0 Å². The summed E-state index contributed by atoms with van der Waals surface area (Å²) in [6, 6.07) is 26.1. The lowest BCUT2D eigenvalue weighted by molar-refractivity contribution is -0.135. The second-order valence-electron chi connectivity index (χ2n) is 12.0. The van der Waals surface area contributed by atoms with E-state index in [1.54, 1.807) is 24.3 Å². The zero-order valence-corrected chi connectivity index (χ0v) is 29.0. The topological polar surface area (TPSA) is 69.7 Å². The number of carbonyl (C=O) groups excluding carboxylic acids is 3. The Labute approximate surface area is 286 Å². The standard InChI is InChI=1S/C40H42O5S2/c1-4-6-7-8-9-10-25-44-28-17-21-30(22-18-28)46-34-15-11-13-32-37(34)39(42)33-14-12-16-35(38(33)40(32)43)47-31-23-19-29(20-24-31)45-36(41)26-27(3)5-2/h11-24,27H,4-10,25-26H2,1-3H3. The maximum Gasteiger partial charge on any atom is 0.311 e. The molecule has 1 aliphatic rings. The highest BCUT2D eigenvalue weighted by molar-refractivity contribution is 7.99. The van der Waals surface area contributed by atoms with Crippen LogP contribution in [0.15, 0.2) is 105 Å². The van der Waals surface area contributed by atoms with Gasteiger partial charge < -0.3 is 9.47 Å². The van der Waals surface area contributed by atoms with Gasteiger partial charge in [-0.1, -0.05) is 107 Å². The van der Waals surface area contributed by atoms with E-state index in [2.05, 4.69) is 13.8 Å². The SMILES string of the molecule is CCCCCCCCOc1ccc(Sc2cccc3c2C(=O)c2cccc(Sc4ccc(OC(=O)CC(C)CC)cc4)c2C3=O)cc1. The van der Waals surface area contributed by atoms with Crippen molar-refractivity contribution in [2.75, 3.05) is 6.61 Å². The highest BCUT2D eigenvalue weighted by Crippen LogP contribution is 2.41. The maximum absolute atomic E-state index is 14.0. The average molecular weight is 667 g/mol. The number of ketones is 2. The van der Waals surface area contributed by atoms with Gasteiger partial charge in [-0.3, -0.25) is 14.4 Å². The first-order valence-electron chi connectivity index (χ1n) is 16.6. The van der Waals surface area contributed by atoms with Crippen molar-refractivity contribution in [3.8, 4) is 11.5 Å². The molecule has 1 aliphatic carbocycles. The third kappa shape index (κ3) is 8.96. The van der Waals surface area contributed by atoms with Crippen LogP contribution < -0.4 is 9.47 Å². The molecule has 0 amide bonds. The molecule has 7 heteroatoms. The van der Waals surface area contributed by atoms with Crippen molar-refractivity contribution in [1.82, 2.24) is 0 Å². The molecule has 4 aromatic rings. The van der Waals surface area contributed by atoms with E-state index in [0.717, 1.165) is 33.3 Å². The molecule has 1 atom stereocenters. The number of ether oxygens (including phenoxy) is 2. The molecule has 0 aromatic heterocycles. The van der Waals surface area contributed by atoms with Gasteiger partial charge in [0, 0.05) is 48.3 Å². The molecule has 0 spiro atoms. The number of benzene rings is 4. The van der Waals surface area contributed by atoms with Crippen LogP contribution in [0, 0.1) is 5.92 Å². The van der Waals surface area contributed by atoms with Crippen LogP contribution >= 0.6 is 23.5 Å². The lowest BCUT2D eigenvalue weighted by atomic mass is 9.84. The predicted molar refractivity (Wildman–Crippen MR) is 189 cm³/mol. The highest BCUT2D eigenvalue weighted by Gasteiger charge is 2.33. The second-order valence-corrected chi connectivity index (χ2v) is 14.2. The van der Waals surface area contributed by atoms with Crippen LogP contribution in [0.5, 0.6) is 11.5 Å². The van der Waals surface area contributed by atoms with Gasteiger partial charge in [0.15, 0.2) is 11.6 Å². The summed E-state index contributed by atoms with van der Waals surface area (Å²) in [7, 11) is 0. The molecule has 0 saturated heterocycles. The molecule has 244 valence electrons. The van der Waals surface area contributed by atoms with Gasteiger partial charge in [-0.05, 0) is 73.0 Å². The molecular formula is C40H42O5S2. The van der Waals surface area contributed by atoms with Crippen LogP contribution in [0.4, 0.5) is 0 Å². The number of hydrogen-bond donors (Lipinski definition) is 0. The van der Waals surface area contributed by atoms with Gasteiger partial charge in [-0.15, -0.1) is 0 Å². The molecule has 47 heavy (non-hydrogen) atoms. The molecule has 0 saturated carbocycles. The van der Waals surface area contributed by atoms with Gasteiger partial charge in [-0.25, -0.2) is 0 Å². The maximum atomic E-state index is 14.0. The van der Waals surface area contributed by atoms with Gasteiger partial charge >= 0.3 is 5.97 Å². The fraction of sp³-hybridized carbons (Fsp3) is 0.325. The summed E-state index contributed by atoms with van der Waals surface area (Å²) in [5, 5.41) is 0. The summed E-state index contributed by atoms with van der Waals surface area (Å²) >= 11 is 2.89. The van der Waals surface area contributed by atoms with E-state index in [9.17, 15) is 14.4 Å². The van der Waals surface area contributed by atoms with Crippen molar-refractivity contribution < 1.29 is 23.9 Å². The van der Waals surface area contributed by atoms with Crippen LogP contribution in [0.2, 0.25) is 0 Å². The van der Waals surface area contributed by atoms with E-state index in [1.807, 2.05) is 67.6 Å². The van der Waals surface area contributed by atoms with E-state index in [1.165, 1.54) is 55.6 Å². The van der Waals surface area contributed by atoms with Gasteiger partial charge in [0.05, 0.1) is 6.61 Å². The zero-order valence-electron chi connectivity index (χ0n) is 27.4. The summed E-state index contributed by atoms with van der Waals surface area (Å²) < 4.78 is 11.4. The monoisotopic (exact) mass is 666 g/mol. The number of rotatable bonds is 16. The predicted octanol–water partition coefficient (Wildman–Crippen LogP) is 10.8. The van der Waals surface area contributed by atoms with Gasteiger partial charge in [-0.2, -0.15) is 0 Å². The fourth-order valence-corrected chi connectivity index (χ4v) is 7.41. The quantitative estimate of drug-likeness (QED) is 0.0589. The Morgan fingerprint density at radius 2 is 1.17 bits per heavy atom. The Kier molecular flexibility index (Phi) is 12.4. The molecule has 1 unspecified atom stereocenters. The largest absolute Gasteiger partial charge is 0.494 e. The minimum absolute atomic E-state index is 0.150. The van der Waals surface area contributed by atoms with Crippen LogP contribution in [-0.2, 0) is 4.79 Å². The molecule has 0 aliphatic heterocycles. The van der Waals surface area contributed by atoms with Crippen molar-refractivity contribution >= 4 is 41.1 Å². The average Bonchev–Trinajstić information content (AvgIpc) is 3.08. The molecule has 0 fully saturated rings. The summed E-state index contributed by atoms with van der Waals surface area (Å²) in [6.07, 6.45) is 8.63. The van der Waals surface area contributed by atoms with Gasteiger partial charge in [0.25, 0.3) is 0 Å². The third-order valence-corrected chi connectivity index (χ3v) is 10.4. The summed E-state index contributed by atoms with van der Waals surface area (Å²) in [5.74, 6) is 1.03. The van der Waals surface area contributed by atoms with E-state index < -0.39 is 0 Å². The van der Waals surface area contributed by atoms with Crippen LogP contribution in [0.1, 0.15) is 104 Å². The first-order chi connectivity index (χ1) is 22.9. The molecule has 0 heterocycles. The highest BCUT2D eigenvalue weighted by atomic mass is 32.2. The Bertz CT molecular complexity index is 1700. The number of carbonyl (C=O) groups is 3. The lowest BCUT2D eigenvalue weighted by Crippen LogP contribution is -2.22. The van der Waals surface area contributed by atoms with E-state index in [-0.39, 0.29) is 23.5 Å². The third-order valence-electron chi connectivity index (χ3n) is 8.31. The number of fused-ring (bicyclic) bond motifs is 2. The summed E-state index contributed by atoms with van der Waals surface area (Å²) in [4.78, 5) is 43.4. The van der Waals surface area contributed by atoms with Crippen molar-refractivity contribution in [2.45, 2.75) is 91.7 Å². The lowest BCUT2D eigenvalue weighted by Gasteiger charge is -2.22. The van der Waals surface area contributed by atoms with Crippen molar-refractivity contribution in [3.63, 3.8) is 0 Å². The van der Waals surface area contributed by atoms with Crippen molar-refractivity contribution in [1.29, 1.82) is 0 Å². The van der Waals surface area contributed by atoms with Gasteiger partial charge in [0.1, 0.15) is 11.5 Å². The fourth-order valence-electron chi connectivity index (χ4n) is 5.46. The summed E-state index contributed by atoms with van der Waals surface area (Å²) in [6.45, 7) is 7.01. The number of unbranched alkanes of at least 4 members (excludes halogenated alkanes) is 5. The van der Waals surface area contributed by atoms with Crippen LogP contribution in [-0.4, -0.2) is 24.1 Å². The van der Waals surface area contributed by atoms with Crippen LogP contribution in [0.3, 0.4) is 0 Å². The first-order valence-corrected chi connectivity index (χ1v) is 18.3. The first kappa shape index (κ1) is 34.5. The normalized spacial score (nSPS) is 12.7. The smallest absolute Gasteiger partial charge is 0.311 e. The second kappa shape index (κ2) is 16.8. The summed E-state index contributed by atoms with van der Waals surface area (Å²) in [5.41, 5.74) is 1.70. The van der Waals surface area contributed by atoms with E-state index in [4.69, 9.17) is 9.47 Å². The number of esters is 1. The molecule has 5 rings (SSSR count). The van der Waals surface area contributed by atoms with Gasteiger partial charge in [0.2, 0.25) is 0 Å².